The number of amides is 1. The molecule has 0 spiro atoms. The number of hydrogen-bond donors (Lipinski definition) is 1. The fraction of sp³-hybridized carbons (Fsp3) is 0.174. The molecule has 1 N–H and O–H groups in total. The van der Waals surface area contributed by atoms with Crippen molar-refractivity contribution in [2.45, 2.75) is 12.1 Å². The fourth-order valence-electron chi connectivity index (χ4n) is 3.90. The first-order valence-corrected chi connectivity index (χ1v) is 12.2. The molecule has 0 aliphatic rings. The van der Waals surface area contributed by atoms with Gasteiger partial charge in [-0.05, 0) is 37.3 Å². The summed E-state index contributed by atoms with van der Waals surface area (Å²) in [5.74, 6) is -0.275. The lowest BCUT2D eigenvalue weighted by molar-refractivity contribution is -0.113. The van der Waals surface area contributed by atoms with E-state index in [4.69, 9.17) is 0 Å². The molecule has 3 heterocycles. The zero-order valence-corrected chi connectivity index (χ0v) is 21.0. The van der Waals surface area contributed by atoms with E-state index >= 15 is 0 Å². The van der Waals surface area contributed by atoms with Crippen molar-refractivity contribution >= 4 is 61.4 Å². The number of thioether (sulfide) groups is 1. The Morgan fingerprint density at radius 1 is 1.12 bits per heavy atom. The third-order valence-corrected chi connectivity index (χ3v) is 7.02. The second kappa shape index (κ2) is 8.73. The molecule has 172 valence electrons. The van der Waals surface area contributed by atoms with Crippen molar-refractivity contribution in [2.75, 3.05) is 11.1 Å². The molecule has 0 fully saturated rings. The molecule has 2 aromatic carbocycles. The van der Waals surface area contributed by atoms with Gasteiger partial charge in [0.15, 0.2) is 5.65 Å². The summed E-state index contributed by atoms with van der Waals surface area (Å²) in [4.78, 5) is 30.3. The van der Waals surface area contributed by atoms with E-state index < -0.39 is 0 Å². The molecule has 11 heteroatoms. The van der Waals surface area contributed by atoms with Gasteiger partial charge in [0.1, 0.15) is 11.2 Å². The van der Waals surface area contributed by atoms with Gasteiger partial charge in [-0.1, -0.05) is 45.9 Å². The van der Waals surface area contributed by atoms with Crippen molar-refractivity contribution in [3.05, 3.63) is 69.1 Å². The van der Waals surface area contributed by atoms with Gasteiger partial charge in [0.2, 0.25) is 11.1 Å². The fourth-order valence-corrected chi connectivity index (χ4v) is 4.84. The van der Waals surface area contributed by atoms with E-state index in [1.54, 1.807) is 18.7 Å². The lowest BCUT2D eigenvalue weighted by atomic mass is 10.2. The van der Waals surface area contributed by atoms with E-state index in [0.717, 1.165) is 21.1 Å². The molecular formula is C23H20BrN7O2S. The number of rotatable bonds is 5. The van der Waals surface area contributed by atoms with E-state index in [1.165, 1.54) is 16.4 Å². The Balaban J connectivity index is 1.36. The van der Waals surface area contributed by atoms with Crippen LogP contribution < -0.4 is 10.9 Å². The maximum atomic E-state index is 13.0. The largest absolute Gasteiger partial charge is 0.327 e. The SMILES string of the molecule is Cc1c(NC(=O)CSc2nnc3c4cc(Br)ccc4n(C)c3n2)c(=O)n(-c2ccccc2)n1C. The van der Waals surface area contributed by atoms with Crippen LogP contribution in [-0.4, -0.2) is 40.8 Å². The molecule has 0 aliphatic heterocycles. The zero-order valence-electron chi connectivity index (χ0n) is 18.6. The van der Waals surface area contributed by atoms with Gasteiger partial charge in [-0.2, -0.15) is 0 Å². The van der Waals surface area contributed by atoms with Crippen molar-refractivity contribution in [3.63, 3.8) is 0 Å². The highest BCUT2D eigenvalue weighted by Gasteiger charge is 2.19. The topological polar surface area (TPSA) is 99.6 Å². The third-order valence-electron chi connectivity index (χ3n) is 5.69. The summed E-state index contributed by atoms with van der Waals surface area (Å²) in [6.07, 6.45) is 0. The number of fused-ring (bicyclic) bond motifs is 3. The lowest BCUT2D eigenvalue weighted by Gasteiger charge is -2.07. The molecule has 1 amide bonds. The number of aryl methyl sites for hydroxylation is 1. The molecule has 0 saturated carbocycles. The number of halogens is 1. The molecule has 0 atom stereocenters. The average Bonchev–Trinajstić information content (AvgIpc) is 3.23. The predicted molar refractivity (Wildman–Crippen MR) is 137 cm³/mol. The number of benzene rings is 2. The molecule has 0 saturated heterocycles. The number of para-hydroxylation sites is 1. The van der Waals surface area contributed by atoms with E-state index in [2.05, 4.69) is 36.4 Å². The average molecular weight is 538 g/mol. The standard InChI is InChI=1S/C23H20BrN7O2S/c1-13-19(22(33)31(30(13)3)15-7-5-4-6-8-15)25-18(32)12-34-23-26-21-20(27-28-23)16-11-14(24)9-10-17(16)29(21)2/h4-11H,12H2,1-3H3,(H,25,32). The van der Waals surface area contributed by atoms with Gasteiger partial charge in [0, 0.05) is 24.0 Å². The van der Waals surface area contributed by atoms with Gasteiger partial charge < -0.3 is 9.88 Å². The molecule has 9 nitrogen and oxygen atoms in total. The smallest absolute Gasteiger partial charge is 0.295 e. The molecule has 0 unspecified atom stereocenters. The highest BCUT2D eigenvalue weighted by molar-refractivity contribution is 9.10. The highest BCUT2D eigenvalue weighted by atomic mass is 79.9. The number of anilines is 1. The molecule has 34 heavy (non-hydrogen) atoms. The van der Waals surface area contributed by atoms with E-state index in [9.17, 15) is 9.59 Å². The Kier molecular flexibility index (Phi) is 5.74. The van der Waals surface area contributed by atoms with Crippen LogP contribution in [0.5, 0.6) is 0 Å². The maximum Gasteiger partial charge on any atom is 0.295 e. The normalized spacial score (nSPS) is 11.4. The monoisotopic (exact) mass is 537 g/mol. The summed E-state index contributed by atoms with van der Waals surface area (Å²) in [6, 6.07) is 15.2. The Hall–Kier alpha value is -3.44. The number of carbonyl (C=O) groups excluding carboxylic acids is 1. The Bertz CT molecular complexity index is 1620. The molecule has 3 aromatic heterocycles. The van der Waals surface area contributed by atoms with Gasteiger partial charge in [-0.3, -0.25) is 14.3 Å². The van der Waals surface area contributed by atoms with Crippen LogP contribution in [0.15, 0.2) is 63.0 Å². The first kappa shape index (κ1) is 22.4. The van der Waals surface area contributed by atoms with Crippen LogP contribution in [0.25, 0.3) is 27.8 Å². The Labute approximate surface area is 206 Å². The van der Waals surface area contributed by atoms with Gasteiger partial charge >= 0.3 is 0 Å². The summed E-state index contributed by atoms with van der Waals surface area (Å²) >= 11 is 4.66. The molecule has 0 radical (unpaired) electrons. The summed E-state index contributed by atoms with van der Waals surface area (Å²) in [6.45, 7) is 1.79. The highest BCUT2D eigenvalue weighted by Crippen LogP contribution is 2.28. The van der Waals surface area contributed by atoms with Crippen molar-refractivity contribution in [1.29, 1.82) is 0 Å². The molecular weight excluding hydrogens is 518 g/mol. The van der Waals surface area contributed by atoms with Crippen LogP contribution in [0, 0.1) is 6.92 Å². The maximum absolute atomic E-state index is 13.0. The van der Waals surface area contributed by atoms with Gasteiger partial charge in [0.05, 0.1) is 22.7 Å². The van der Waals surface area contributed by atoms with Gasteiger partial charge in [-0.15, -0.1) is 10.2 Å². The van der Waals surface area contributed by atoms with E-state index in [1.807, 2.05) is 60.1 Å². The number of nitrogens with one attached hydrogen (secondary N) is 1. The summed E-state index contributed by atoms with van der Waals surface area (Å²) in [7, 11) is 3.70. The van der Waals surface area contributed by atoms with Crippen LogP contribution in [0.2, 0.25) is 0 Å². The third kappa shape index (κ3) is 3.80. The molecule has 5 aromatic rings. The van der Waals surface area contributed by atoms with Crippen LogP contribution in [0.1, 0.15) is 5.69 Å². The van der Waals surface area contributed by atoms with Crippen molar-refractivity contribution in [3.8, 4) is 5.69 Å². The van der Waals surface area contributed by atoms with Gasteiger partial charge in [0.25, 0.3) is 5.56 Å². The zero-order chi connectivity index (χ0) is 24.0. The minimum absolute atomic E-state index is 0.0434. The lowest BCUT2D eigenvalue weighted by Crippen LogP contribution is -2.23. The summed E-state index contributed by atoms with van der Waals surface area (Å²) in [5, 5.41) is 12.6. The summed E-state index contributed by atoms with van der Waals surface area (Å²) in [5.41, 5.74) is 3.74. The predicted octanol–water partition coefficient (Wildman–Crippen LogP) is 3.81. The molecule has 0 aliphatic carbocycles. The van der Waals surface area contributed by atoms with Gasteiger partial charge in [-0.25, -0.2) is 9.67 Å². The summed E-state index contributed by atoms with van der Waals surface area (Å²) < 4.78 is 6.15. The van der Waals surface area contributed by atoms with E-state index in [-0.39, 0.29) is 22.9 Å². The number of hydrogen-bond acceptors (Lipinski definition) is 6. The second-order valence-electron chi connectivity index (χ2n) is 7.76. The first-order chi connectivity index (χ1) is 16.3. The van der Waals surface area contributed by atoms with Crippen molar-refractivity contribution in [2.24, 2.45) is 14.1 Å². The van der Waals surface area contributed by atoms with Crippen molar-refractivity contribution in [1.82, 2.24) is 29.1 Å². The Morgan fingerprint density at radius 3 is 2.65 bits per heavy atom. The number of carbonyl (C=O) groups is 1. The molecule has 5 rings (SSSR count). The number of aromatic nitrogens is 6. The first-order valence-electron chi connectivity index (χ1n) is 10.4. The molecule has 0 bridgehead atoms. The van der Waals surface area contributed by atoms with E-state index in [0.29, 0.717) is 22.0 Å². The number of nitrogens with zero attached hydrogens (tertiary/aromatic N) is 6. The minimum atomic E-state index is -0.319. The van der Waals surface area contributed by atoms with Crippen LogP contribution in [0.4, 0.5) is 5.69 Å². The van der Waals surface area contributed by atoms with Crippen LogP contribution >= 0.6 is 27.7 Å². The quantitative estimate of drug-likeness (QED) is 0.342. The second-order valence-corrected chi connectivity index (χ2v) is 9.62. The van der Waals surface area contributed by atoms with Crippen molar-refractivity contribution < 1.29 is 4.79 Å². The van der Waals surface area contributed by atoms with Crippen LogP contribution in [0.3, 0.4) is 0 Å². The minimum Gasteiger partial charge on any atom is -0.327 e. The Morgan fingerprint density at radius 2 is 1.88 bits per heavy atom. The van der Waals surface area contributed by atoms with Crippen LogP contribution in [-0.2, 0) is 18.9 Å².